The lowest BCUT2D eigenvalue weighted by molar-refractivity contribution is -0.136. The first-order valence-electron chi connectivity index (χ1n) is 6.07. The molecular weight excluding hydrogens is 285 g/mol. The van der Waals surface area contributed by atoms with Gasteiger partial charge < -0.3 is 5.11 Å². The first kappa shape index (κ1) is 12.7. The molecule has 1 aliphatic carbocycles. The number of carboxylic acids is 1. The van der Waals surface area contributed by atoms with E-state index in [2.05, 4.69) is 4.98 Å². The van der Waals surface area contributed by atoms with Gasteiger partial charge in [-0.15, -0.1) is 0 Å². The van der Waals surface area contributed by atoms with Crippen molar-refractivity contribution in [1.82, 2.24) is 4.98 Å². The summed E-state index contributed by atoms with van der Waals surface area (Å²) in [6.07, 6.45) is 2.76. The molecule has 5 heteroatoms. The molecule has 0 saturated carbocycles. The fourth-order valence-corrected chi connectivity index (χ4v) is 3.27. The van der Waals surface area contributed by atoms with Gasteiger partial charge in [-0.05, 0) is 42.5 Å². The Morgan fingerprint density at radius 2 is 2.11 bits per heavy atom. The average molecular weight is 296 g/mol. The highest BCUT2D eigenvalue weighted by molar-refractivity contribution is 6.38. The van der Waals surface area contributed by atoms with Gasteiger partial charge in [-0.1, -0.05) is 23.2 Å². The molecule has 3 nitrogen and oxygen atoms in total. The normalized spacial score (nSPS) is 13.8. The van der Waals surface area contributed by atoms with Gasteiger partial charge in [-0.25, -0.2) is 0 Å². The van der Waals surface area contributed by atoms with Crippen LogP contribution in [0.2, 0.25) is 10.0 Å². The Morgan fingerprint density at radius 1 is 1.32 bits per heavy atom. The summed E-state index contributed by atoms with van der Waals surface area (Å²) in [7, 11) is 0. The van der Waals surface area contributed by atoms with Gasteiger partial charge in [0.25, 0.3) is 0 Å². The number of carboxylic acid groups (broad SMARTS) is 1. The number of aliphatic carboxylic acids is 1. The van der Waals surface area contributed by atoms with Crippen LogP contribution in [0.15, 0.2) is 12.1 Å². The predicted molar refractivity (Wildman–Crippen MR) is 75.1 cm³/mol. The highest BCUT2D eigenvalue weighted by atomic mass is 35.5. The minimum absolute atomic E-state index is 0.0158. The van der Waals surface area contributed by atoms with E-state index < -0.39 is 5.97 Å². The average Bonchev–Trinajstić information content (AvgIpc) is 2.77. The Hall–Kier alpha value is -1.32. The highest BCUT2D eigenvalue weighted by Crippen LogP contribution is 2.35. The molecule has 1 heterocycles. The number of hydrogen-bond donors (Lipinski definition) is 1. The molecule has 0 atom stereocenters. The zero-order valence-corrected chi connectivity index (χ0v) is 11.6. The summed E-state index contributed by atoms with van der Waals surface area (Å²) in [5, 5.41) is 10.9. The van der Waals surface area contributed by atoms with Crippen molar-refractivity contribution in [2.45, 2.75) is 25.7 Å². The third kappa shape index (κ3) is 2.17. The smallest absolute Gasteiger partial charge is 0.307 e. The molecule has 2 aromatic rings. The van der Waals surface area contributed by atoms with E-state index in [1.54, 1.807) is 12.1 Å². The lowest BCUT2D eigenvalue weighted by Gasteiger charge is -2.12. The van der Waals surface area contributed by atoms with Crippen LogP contribution in [0.1, 0.15) is 23.2 Å². The van der Waals surface area contributed by atoms with Gasteiger partial charge >= 0.3 is 5.97 Å². The summed E-state index contributed by atoms with van der Waals surface area (Å²) >= 11 is 12.2. The molecule has 3 rings (SSSR count). The van der Waals surface area contributed by atoms with Crippen molar-refractivity contribution in [3.8, 4) is 0 Å². The molecule has 0 aliphatic heterocycles. The van der Waals surface area contributed by atoms with Gasteiger partial charge in [0, 0.05) is 16.1 Å². The fourth-order valence-electron chi connectivity index (χ4n) is 2.74. The van der Waals surface area contributed by atoms with Crippen LogP contribution in [0.3, 0.4) is 0 Å². The van der Waals surface area contributed by atoms with E-state index in [0.717, 1.165) is 41.5 Å². The molecule has 0 bridgehead atoms. The lowest BCUT2D eigenvalue weighted by atomic mass is 9.98. The predicted octanol–water partition coefficient (Wildman–Crippen LogP) is 3.66. The van der Waals surface area contributed by atoms with Gasteiger partial charge in [0.15, 0.2) is 0 Å². The van der Waals surface area contributed by atoms with Crippen LogP contribution in [-0.2, 0) is 24.1 Å². The number of fused-ring (bicyclic) bond motifs is 2. The molecule has 0 amide bonds. The first-order valence-corrected chi connectivity index (χ1v) is 6.83. The number of benzene rings is 1. The molecule has 0 unspecified atom stereocenters. The van der Waals surface area contributed by atoms with Crippen LogP contribution in [0, 0.1) is 0 Å². The Balaban J connectivity index is 2.37. The minimum Gasteiger partial charge on any atom is -0.481 e. The molecule has 1 N–H and O–H groups in total. The summed E-state index contributed by atoms with van der Waals surface area (Å²) in [6, 6.07) is 3.40. The van der Waals surface area contributed by atoms with E-state index in [1.165, 1.54) is 0 Å². The zero-order chi connectivity index (χ0) is 13.6. The third-order valence-corrected chi connectivity index (χ3v) is 3.99. The van der Waals surface area contributed by atoms with E-state index in [0.29, 0.717) is 15.6 Å². The first-order chi connectivity index (χ1) is 9.06. The summed E-state index contributed by atoms with van der Waals surface area (Å²) < 4.78 is 0. The number of aromatic nitrogens is 1. The van der Waals surface area contributed by atoms with E-state index >= 15 is 0 Å². The Morgan fingerprint density at radius 3 is 2.84 bits per heavy atom. The molecule has 0 saturated heterocycles. The number of nitrogens with zero attached hydrogens (tertiary/aromatic N) is 1. The largest absolute Gasteiger partial charge is 0.481 e. The monoisotopic (exact) mass is 295 g/mol. The molecule has 19 heavy (non-hydrogen) atoms. The Labute approximate surface area is 120 Å². The Bertz CT molecular complexity index is 698. The second kappa shape index (κ2) is 4.66. The second-order valence-electron chi connectivity index (χ2n) is 4.72. The molecule has 1 aromatic carbocycles. The molecular formula is C14H11Cl2NO2. The SMILES string of the molecule is O=C(O)Cc1c2c(nc3c(Cl)cc(Cl)cc13)CCC2. The van der Waals surface area contributed by atoms with Crippen molar-refractivity contribution in [2.75, 3.05) is 0 Å². The van der Waals surface area contributed by atoms with Crippen molar-refractivity contribution in [2.24, 2.45) is 0 Å². The van der Waals surface area contributed by atoms with Crippen molar-refractivity contribution in [1.29, 1.82) is 0 Å². The van der Waals surface area contributed by atoms with Gasteiger partial charge in [0.2, 0.25) is 0 Å². The van der Waals surface area contributed by atoms with E-state index in [-0.39, 0.29) is 6.42 Å². The molecule has 98 valence electrons. The van der Waals surface area contributed by atoms with Crippen LogP contribution in [0.25, 0.3) is 10.9 Å². The molecule has 1 aromatic heterocycles. The molecule has 1 aliphatic rings. The molecule has 0 fully saturated rings. The maximum Gasteiger partial charge on any atom is 0.307 e. The van der Waals surface area contributed by atoms with E-state index in [9.17, 15) is 4.79 Å². The van der Waals surface area contributed by atoms with Gasteiger partial charge in [0.05, 0.1) is 17.0 Å². The van der Waals surface area contributed by atoms with Crippen LogP contribution in [0.4, 0.5) is 0 Å². The number of pyridine rings is 1. The van der Waals surface area contributed by atoms with E-state index in [4.69, 9.17) is 28.3 Å². The zero-order valence-electron chi connectivity index (χ0n) is 10.0. The topological polar surface area (TPSA) is 50.2 Å². The van der Waals surface area contributed by atoms with Gasteiger partial charge in [-0.3, -0.25) is 9.78 Å². The van der Waals surface area contributed by atoms with Crippen LogP contribution in [-0.4, -0.2) is 16.1 Å². The third-order valence-electron chi connectivity index (χ3n) is 3.48. The summed E-state index contributed by atoms with van der Waals surface area (Å²) in [6.45, 7) is 0. The van der Waals surface area contributed by atoms with Crippen LogP contribution in [0.5, 0.6) is 0 Å². The quantitative estimate of drug-likeness (QED) is 0.920. The Kier molecular flexibility index (Phi) is 3.11. The maximum atomic E-state index is 11.1. The maximum absolute atomic E-state index is 11.1. The minimum atomic E-state index is -0.849. The highest BCUT2D eigenvalue weighted by Gasteiger charge is 2.22. The van der Waals surface area contributed by atoms with Gasteiger partial charge in [-0.2, -0.15) is 0 Å². The number of carbonyl (C=O) groups is 1. The van der Waals surface area contributed by atoms with Crippen molar-refractivity contribution in [3.05, 3.63) is 39.0 Å². The molecule has 0 spiro atoms. The summed E-state index contributed by atoms with van der Waals surface area (Å²) in [4.78, 5) is 15.7. The fraction of sp³-hybridized carbons (Fsp3) is 0.286. The summed E-state index contributed by atoms with van der Waals surface area (Å²) in [5.41, 5.74) is 3.51. The van der Waals surface area contributed by atoms with E-state index in [1.807, 2.05) is 0 Å². The summed E-state index contributed by atoms with van der Waals surface area (Å²) in [5.74, 6) is -0.849. The lowest BCUT2D eigenvalue weighted by Crippen LogP contribution is -2.06. The van der Waals surface area contributed by atoms with Crippen LogP contribution >= 0.6 is 23.2 Å². The number of aryl methyl sites for hydroxylation is 1. The second-order valence-corrected chi connectivity index (χ2v) is 5.57. The van der Waals surface area contributed by atoms with Crippen molar-refractivity contribution in [3.63, 3.8) is 0 Å². The van der Waals surface area contributed by atoms with Gasteiger partial charge in [0.1, 0.15) is 0 Å². The van der Waals surface area contributed by atoms with Crippen LogP contribution < -0.4 is 0 Å². The molecule has 0 radical (unpaired) electrons. The number of halogens is 2. The number of hydrogen-bond acceptors (Lipinski definition) is 2. The van der Waals surface area contributed by atoms with Crippen molar-refractivity contribution >= 4 is 40.1 Å². The standard InChI is InChI=1S/C14H11Cl2NO2/c15-7-4-10-9(6-13(18)19)8-2-1-3-12(8)17-14(10)11(16)5-7/h4-5H,1-3,6H2,(H,18,19). The van der Waals surface area contributed by atoms with Crippen molar-refractivity contribution < 1.29 is 9.90 Å². The number of rotatable bonds is 2.